The van der Waals surface area contributed by atoms with Crippen molar-refractivity contribution in [3.05, 3.63) is 23.8 Å². The summed E-state index contributed by atoms with van der Waals surface area (Å²) < 4.78 is 27.0. The number of carboxylic acids is 1. The Morgan fingerprint density at radius 3 is 2.71 bits per heavy atom. The zero-order chi connectivity index (χ0) is 17.7. The molecule has 8 heteroatoms. The predicted octanol–water partition coefficient (Wildman–Crippen LogP) is 1.52. The third-order valence-corrected chi connectivity index (χ3v) is 5.39. The molecule has 0 spiro atoms. The maximum absolute atomic E-state index is 12.2. The fraction of sp³-hybridized carbons (Fsp3) is 0.500. The lowest BCUT2D eigenvalue weighted by atomic mass is 10.2. The van der Waals surface area contributed by atoms with Gasteiger partial charge in [0, 0.05) is 25.2 Å². The number of hydrogen-bond acceptors (Lipinski definition) is 4. The number of benzene rings is 1. The SMILES string of the molecule is CCCCNS(=O)(=O)c1ccc2c(c1)CCN2C(=O)CCC(=O)O. The van der Waals surface area contributed by atoms with Crippen LogP contribution in [0.5, 0.6) is 0 Å². The first-order valence-electron chi connectivity index (χ1n) is 8.00. The number of amides is 1. The number of hydrogen-bond donors (Lipinski definition) is 2. The molecule has 1 aromatic rings. The number of fused-ring (bicyclic) bond motifs is 1. The average Bonchev–Trinajstić information content (AvgIpc) is 2.96. The summed E-state index contributed by atoms with van der Waals surface area (Å²) in [4.78, 5) is 24.4. The highest BCUT2D eigenvalue weighted by atomic mass is 32.2. The van der Waals surface area contributed by atoms with E-state index in [1.807, 2.05) is 6.92 Å². The number of sulfonamides is 1. The van der Waals surface area contributed by atoms with Gasteiger partial charge in [0.05, 0.1) is 11.3 Å². The summed E-state index contributed by atoms with van der Waals surface area (Å²) in [5, 5.41) is 8.67. The lowest BCUT2D eigenvalue weighted by molar-refractivity contribution is -0.138. The van der Waals surface area contributed by atoms with E-state index in [1.54, 1.807) is 12.1 Å². The monoisotopic (exact) mass is 354 g/mol. The summed E-state index contributed by atoms with van der Waals surface area (Å²) in [6.45, 7) is 2.83. The molecule has 24 heavy (non-hydrogen) atoms. The molecule has 2 rings (SSSR count). The molecule has 0 aliphatic carbocycles. The van der Waals surface area contributed by atoms with Gasteiger partial charge in [-0.1, -0.05) is 13.3 Å². The Kier molecular flexibility index (Phi) is 5.95. The minimum atomic E-state index is -3.54. The Morgan fingerprint density at radius 1 is 1.29 bits per heavy atom. The minimum Gasteiger partial charge on any atom is -0.481 e. The smallest absolute Gasteiger partial charge is 0.303 e. The second-order valence-electron chi connectivity index (χ2n) is 5.73. The van der Waals surface area contributed by atoms with E-state index in [9.17, 15) is 18.0 Å². The summed E-state index contributed by atoms with van der Waals surface area (Å²) >= 11 is 0. The maximum atomic E-state index is 12.2. The molecular formula is C16H22N2O5S. The highest BCUT2D eigenvalue weighted by molar-refractivity contribution is 7.89. The second kappa shape index (κ2) is 7.76. The lowest BCUT2D eigenvalue weighted by Crippen LogP contribution is -2.29. The Labute approximate surface area is 141 Å². The highest BCUT2D eigenvalue weighted by Crippen LogP contribution is 2.30. The van der Waals surface area contributed by atoms with Crippen LogP contribution < -0.4 is 9.62 Å². The minimum absolute atomic E-state index is 0.0621. The fourth-order valence-corrected chi connectivity index (χ4v) is 3.74. The van der Waals surface area contributed by atoms with Crippen LogP contribution in [0.1, 0.15) is 38.2 Å². The highest BCUT2D eigenvalue weighted by Gasteiger charge is 2.26. The van der Waals surface area contributed by atoms with E-state index in [0.717, 1.165) is 18.4 Å². The Bertz CT molecular complexity index is 730. The van der Waals surface area contributed by atoms with Crippen molar-refractivity contribution in [2.24, 2.45) is 0 Å². The molecule has 1 heterocycles. The van der Waals surface area contributed by atoms with Crippen LogP contribution >= 0.6 is 0 Å². The van der Waals surface area contributed by atoms with Gasteiger partial charge >= 0.3 is 5.97 Å². The quantitative estimate of drug-likeness (QED) is 0.689. The number of nitrogens with zero attached hydrogens (tertiary/aromatic N) is 1. The van der Waals surface area contributed by atoms with Crippen molar-refractivity contribution in [3.8, 4) is 0 Å². The van der Waals surface area contributed by atoms with Gasteiger partial charge in [0.1, 0.15) is 0 Å². The van der Waals surface area contributed by atoms with E-state index in [1.165, 1.54) is 11.0 Å². The van der Waals surface area contributed by atoms with E-state index < -0.39 is 16.0 Å². The van der Waals surface area contributed by atoms with Gasteiger partial charge in [0.25, 0.3) is 0 Å². The second-order valence-corrected chi connectivity index (χ2v) is 7.50. The Morgan fingerprint density at radius 2 is 2.04 bits per heavy atom. The first kappa shape index (κ1) is 18.4. The lowest BCUT2D eigenvalue weighted by Gasteiger charge is -2.17. The van der Waals surface area contributed by atoms with Gasteiger partial charge in [0.2, 0.25) is 15.9 Å². The van der Waals surface area contributed by atoms with Crippen molar-refractivity contribution >= 4 is 27.6 Å². The molecule has 0 bridgehead atoms. The summed E-state index contributed by atoms with van der Waals surface area (Å²) in [6, 6.07) is 4.69. The molecule has 1 amide bonds. The van der Waals surface area contributed by atoms with Crippen molar-refractivity contribution in [2.75, 3.05) is 18.0 Å². The average molecular weight is 354 g/mol. The predicted molar refractivity (Wildman–Crippen MR) is 89.5 cm³/mol. The molecule has 132 valence electrons. The Hall–Kier alpha value is -1.93. The van der Waals surface area contributed by atoms with Crippen LogP contribution in [0.4, 0.5) is 5.69 Å². The number of carboxylic acid groups (broad SMARTS) is 1. The van der Waals surface area contributed by atoms with E-state index in [-0.39, 0.29) is 23.6 Å². The number of carbonyl (C=O) groups is 2. The summed E-state index contributed by atoms with van der Waals surface area (Å²) in [6.07, 6.45) is 1.97. The summed E-state index contributed by atoms with van der Waals surface area (Å²) in [7, 11) is -3.54. The number of unbranched alkanes of at least 4 members (excludes halogenated alkanes) is 1. The van der Waals surface area contributed by atoms with Crippen LogP contribution in [0.25, 0.3) is 0 Å². The molecule has 0 saturated carbocycles. The van der Waals surface area contributed by atoms with Gasteiger partial charge in [0.15, 0.2) is 0 Å². The molecule has 0 fully saturated rings. The van der Waals surface area contributed by atoms with Gasteiger partial charge < -0.3 is 10.0 Å². The molecule has 0 unspecified atom stereocenters. The van der Waals surface area contributed by atoms with Crippen molar-refractivity contribution in [1.29, 1.82) is 0 Å². The zero-order valence-electron chi connectivity index (χ0n) is 13.6. The number of aliphatic carboxylic acids is 1. The van der Waals surface area contributed by atoms with Crippen LogP contribution in [-0.2, 0) is 26.0 Å². The molecule has 1 aliphatic heterocycles. The standard InChI is InChI=1S/C16H22N2O5S/c1-2-3-9-17-24(22,23)13-4-5-14-12(11-13)8-10-18(14)15(19)6-7-16(20)21/h4-5,11,17H,2-3,6-10H2,1H3,(H,20,21). The van der Waals surface area contributed by atoms with Crippen LogP contribution in [0.3, 0.4) is 0 Å². The normalized spacial score (nSPS) is 13.8. The number of carbonyl (C=O) groups excluding carboxylic acids is 1. The van der Waals surface area contributed by atoms with E-state index in [0.29, 0.717) is 25.2 Å². The van der Waals surface area contributed by atoms with Gasteiger partial charge in [-0.05, 0) is 36.6 Å². The van der Waals surface area contributed by atoms with Gasteiger partial charge in [-0.15, -0.1) is 0 Å². The van der Waals surface area contributed by atoms with Crippen molar-refractivity contribution < 1.29 is 23.1 Å². The fourth-order valence-electron chi connectivity index (χ4n) is 2.62. The molecule has 0 aromatic heterocycles. The zero-order valence-corrected chi connectivity index (χ0v) is 14.4. The van der Waals surface area contributed by atoms with E-state index >= 15 is 0 Å². The molecule has 0 saturated heterocycles. The molecule has 0 atom stereocenters. The number of nitrogens with one attached hydrogen (secondary N) is 1. The van der Waals surface area contributed by atoms with Gasteiger partial charge in [-0.2, -0.15) is 0 Å². The third kappa shape index (κ3) is 4.33. The molecular weight excluding hydrogens is 332 g/mol. The van der Waals surface area contributed by atoms with Gasteiger partial charge in [-0.3, -0.25) is 9.59 Å². The van der Waals surface area contributed by atoms with Crippen molar-refractivity contribution in [1.82, 2.24) is 4.72 Å². The first-order valence-corrected chi connectivity index (χ1v) is 9.48. The maximum Gasteiger partial charge on any atom is 0.303 e. The topological polar surface area (TPSA) is 104 Å². The molecule has 7 nitrogen and oxygen atoms in total. The van der Waals surface area contributed by atoms with Crippen molar-refractivity contribution in [2.45, 2.75) is 43.9 Å². The van der Waals surface area contributed by atoms with Crippen LogP contribution in [0, 0.1) is 0 Å². The molecule has 2 N–H and O–H groups in total. The number of anilines is 1. The molecule has 1 aromatic carbocycles. The summed E-state index contributed by atoms with van der Waals surface area (Å²) in [5.41, 5.74) is 1.45. The van der Waals surface area contributed by atoms with E-state index in [4.69, 9.17) is 5.11 Å². The van der Waals surface area contributed by atoms with Crippen LogP contribution in [0.15, 0.2) is 23.1 Å². The number of rotatable bonds is 8. The third-order valence-electron chi connectivity index (χ3n) is 3.93. The first-order chi connectivity index (χ1) is 11.3. The Balaban J connectivity index is 2.13. The van der Waals surface area contributed by atoms with Crippen LogP contribution in [-0.4, -0.2) is 38.5 Å². The molecule has 1 aliphatic rings. The van der Waals surface area contributed by atoms with E-state index in [2.05, 4.69) is 4.72 Å². The molecule has 0 radical (unpaired) electrons. The summed E-state index contributed by atoms with van der Waals surface area (Å²) in [5.74, 6) is -1.27. The van der Waals surface area contributed by atoms with Crippen molar-refractivity contribution in [3.63, 3.8) is 0 Å². The van der Waals surface area contributed by atoms with Crippen LogP contribution in [0.2, 0.25) is 0 Å². The van der Waals surface area contributed by atoms with Gasteiger partial charge in [-0.25, -0.2) is 13.1 Å². The largest absolute Gasteiger partial charge is 0.481 e.